The van der Waals surface area contributed by atoms with Gasteiger partial charge in [0.2, 0.25) is 0 Å². The minimum atomic E-state index is -0.0531. The second-order valence-electron chi connectivity index (χ2n) is 4.53. The van der Waals surface area contributed by atoms with Crippen LogP contribution in [0.25, 0.3) is 11.3 Å². The number of carbonyl (C=O) groups excluding carboxylic acids is 1. The first-order valence-corrected chi connectivity index (χ1v) is 6.60. The van der Waals surface area contributed by atoms with Gasteiger partial charge in [-0.25, -0.2) is 0 Å². The highest BCUT2D eigenvalue weighted by atomic mass is 16.3. The van der Waals surface area contributed by atoms with Gasteiger partial charge in [-0.15, -0.1) is 0 Å². The van der Waals surface area contributed by atoms with Gasteiger partial charge < -0.3 is 25.3 Å². The highest BCUT2D eigenvalue weighted by Crippen LogP contribution is 2.34. The van der Waals surface area contributed by atoms with Gasteiger partial charge in [-0.2, -0.15) is 0 Å². The van der Waals surface area contributed by atoms with E-state index in [0.29, 0.717) is 42.0 Å². The van der Waals surface area contributed by atoms with Crippen molar-refractivity contribution in [2.24, 2.45) is 0 Å². The summed E-state index contributed by atoms with van der Waals surface area (Å²) >= 11 is 0. The number of anilines is 2. The van der Waals surface area contributed by atoms with Crippen LogP contribution in [-0.2, 0) is 0 Å². The van der Waals surface area contributed by atoms with Crippen molar-refractivity contribution < 1.29 is 19.4 Å². The standard InChI is InChI=1S/C15H18N2O4/c16-12-1-2-14(17(4-6-18)5-7-19)13(9-12)15-11(10-20)3-8-21-15/h1-3,8-10,18-19H,4-7,16H2. The zero-order valence-electron chi connectivity index (χ0n) is 11.5. The number of nitrogens with two attached hydrogens (primary N) is 1. The molecule has 0 spiro atoms. The molecule has 0 aliphatic carbocycles. The van der Waals surface area contributed by atoms with Crippen LogP contribution in [0.2, 0.25) is 0 Å². The van der Waals surface area contributed by atoms with Gasteiger partial charge >= 0.3 is 0 Å². The summed E-state index contributed by atoms with van der Waals surface area (Å²) in [5, 5.41) is 18.3. The summed E-state index contributed by atoms with van der Waals surface area (Å²) < 4.78 is 5.41. The number of aliphatic hydroxyl groups excluding tert-OH is 2. The average molecular weight is 290 g/mol. The van der Waals surface area contributed by atoms with Crippen molar-refractivity contribution in [3.63, 3.8) is 0 Å². The largest absolute Gasteiger partial charge is 0.464 e. The number of rotatable bonds is 7. The molecular weight excluding hydrogens is 272 g/mol. The molecule has 1 heterocycles. The SMILES string of the molecule is Nc1ccc(N(CCO)CCO)c(-c2occc2C=O)c1. The Morgan fingerprint density at radius 3 is 2.52 bits per heavy atom. The molecule has 0 fully saturated rings. The summed E-state index contributed by atoms with van der Waals surface area (Å²) in [5.41, 5.74) is 8.19. The molecule has 21 heavy (non-hydrogen) atoms. The minimum Gasteiger partial charge on any atom is -0.464 e. The molecule has 4 N–H and O–H groups in total. The third-order valence-corrected chi connectivity index (χ3v) is 3.17. The summed E-state index contributed by atoms with van der Waals surface area (Å²) in [4.78, 5) is 12.9. The summed E-state index contributed by atoms with van der Waals surface area (Å²) in [7, 11) is 0. The Balaban J connectivity index is 2.53. The first-order chi connectivity index (χ1) is 10.2. The van der Waals surface area contributed by atoms with Crippen LogP contribution in [0.4, 0.5) is 11.4 Å². The molecule has 0 unspecified atom stereocenters. The smallest absolute Gasteiger partial charge is 0.153 e. The Bertz CT molecular complexity index is 603. The minimum absolute atomic E-state index is 0.0531. The Morgan fingerprint density at radius 2 is 1.90 bits per heavy atom. The molecule has 1 aromatic heterocycles. The lowest BCUT2D eigenvalue weighted by atomic mass is 10.1. The maximum absolute atomic E-state index is 11.1. The Hall–Kier alpha value is -2.31. The van der Waals surface area contributed by atoms with Crippen molar-refractivity contribution in [3.05, 3.63) is 36.1 Å². The van der Waals surface area contributed by atoms with E-state index in [1.54, 1.807) is 24.3 Å². The van der Waals surface area contributed by atoms with Crippen LogP contribution in [0.3, 0.4) is 0 Å². The van der Waals surface area contributed by atoms with Crippen molar-refractivity contribution >= 4 is 17.7 Å². The Morgan fingerprint density at radius 1 is 1.19 bits per heavy atom. The predicted molar refractivity (Wildman–Crippen MR) is 80.3 cm³/mol. The maximum Gasteiger partial charge on any atom is 0.153 e. The number of benzene rings is 1. The lowest BCUT2D eigenvalue weighted by Crippen LogP contribution is -2.30. The van der Waals surface area contributed by atoms with E-state index in [-0.39, 0.29) is 13.2 Å². The third-order valence-electron chi connectivity index (χ3n) is 3.17. The molecule has 112 valence electrons. The molecule has 1 aromatic carbocycles. The highest BCUT2D eigenvalue weighted by Gasteiger charge is 2.17. The normalized spacial score (nSPS) is 10.6. The van der Waals surface area contributed by atoms with E-state index in [1.165, 1.54) is 6.26 Å². The van der Waals surface area contributed by atoms with Crippen molar-refractivity contribution in [2.45, 2.75) is 0 Å². The van der Waals surface area contributed by atoms with Gasteiger partial charge in [0.05, 0.1) is 25.0 Å². The zero-order valence-corrected chi connectivity index (χ0v) is 11.5. The van der Waals surface area contributed by atoms with Gasteiger partial charge in [-0.1, -0.05) is 0 Å². The zero-order chi connectivity index (χ0) is 15.2. The summed E-state index contributed by atoms with van der Waals surface area (Å²) in [6.45, 7) is 0.605. The number of aliphatic hydroxyl groups is 2. The van der Waals surface area contributed by atoms with E-state index in [4.69, 9.17) is 10.2 Å². The average Bonchev–Trinajstić information content (AvgIpc) is 2.95. The quantitative estimate of drug-likeness (QED) is 0.522. The van der Waals surface area contributed by atoms with Crippen LogP contribution in [0.1, 0.15) is 10.4 Å². The van der Waals surface area contributed by atoms with E-state index in [2.05, 4.69) is 0 Å². The molecule has 0 aliphatic heterocycles. The highest BCUT2D eigenvalue weighted by molar-refractivity contribution is 5.90. The number of hydrogen-bond acceptors (Lipinski definition) is 6. The van der Waals surface area contributed by atoms with Crippen LogP contribution in [0.5, 0.6) is 0 Å². The number of hydrogen-bond donors (Lipinski definition) is 3. The fourth-order valence-electron chi connectivity index (χ4n) is 2.24. The predicted octanol–water partition coefficient (Wildman–Crippen LogP) is 1.13. The number of furan rings is 1. The van der Waals surface area contributed by atoms with Crippen molar-refractivity contribution in [3.8, 4) is 11.3 Å². The molecule has 0 bridgehead atoms. The monoisotopic (exact) mass is 290 g/mol. The van der Waals surface area contributed by atoms with Gasteiger partial charge in [-0.05, 0) is 24.3 Å². The maximum atomic E-state index is 11.1. The van der Waals surface area contributed by atoms with Crippen LogP contribution < -0.4 is 10.6 Å². The van der Waals surface area contributed by atoms with Crippen LogP contribution in [-0.4, -0.2) is 42.8 Å². The van der Waals surface area contributed by atoms with Gasteiger partial charge in [-0.3, -0.25) is 4.79 Å². The first-order valence-electron chi connectivity index (χ1n) is 6.60. The molecule has 6 nitrogen and oxygen atoms in total. The number of nitrogens with zero attached hydrogens (tertiary/aromatic N) is 1. The number of nitrogen functional groups attached to an aromatic ring is 1. The Labute approximate surface area is 122 Å². The van der Waals surface area contributed by atoms with E-state index in [9.17, 15) is 15.0 Å². The van der Waals surface area contributed by atoms with E-state index < -0.39 is 0 Å². The van der Waals surface area contributed by atoms with Crippen LogP contribution in [0.15, 0.2) is 34.9 Å². The van der Waals surface area contributed by atoms with E-state index in [0.717, 1.165) is 5.69 Å². The fraction of sp³-hybridized carbons (Fsp3) is 0.267. The molecular formula is C15H18N2O4. The molecule has 6 heteroatoms. The molecule has 2 rings (SSSR count). The fourth-order valence-corrected chi connectivity index (χ4v) is 2.24. The lowest BCUT2D eigenvalue weighted by molar-refractivity contribution is 0.112. The van der Waals surface area contributed by atoms with Crippen molar-refractivity contribution in [1.82, 2.24) is 0 Å². The summed E-state index contributed by atoms with van der Waals surface area (Å²) in [6.07, 6.45) is 2.16. The van der Waals surface area contributed by atoms with Gasteiger partial charge in [0.1, 0.15) is 5.76 Å². The molecule has 2 aromatic rings. The van der Waals surface area contributed by atoms with Crippen LogP contribution >= 0.6 is 0 Å². The molecule has 0 saturated carbocycles. The van der Waals surface area contributed by atoms with Crippen molar-refractivity contribution in [1.29, 1.82) is 0 Å². The molecule has 0 aliphatic rings. The lowest BCUT2D eigenvalue weighted by Gasteiger charge is -2.25. The molecule has 0 saturated heterocycles. The summed E-state index contributed by atoms with van der Waals surface area (Å²) in [6, 6.07) is 6.80. The van der Waals surface area contributed by atoms with Crippen LogP contribution in [0, 0.1) is 0 Å². The number of aldehydes is 1. The van der Waals surface area contributed by atoms with E-state index in [1.807, 2.05) is 4.90 Å². The summed E-state index contributed by atoms with van der Waals surface area (Å²) in [5.74, 6) is 0.424. The topological polar surface area (TPSA) is 99.9 Å². The van der Waals surface area contributed by atoms with Gasteiger partial charge in [0.15, 0.2) is 6.29 Å². The second-order valence-corrected chi connectivity index (χ2v) is 4.53. The number of carbonyl (C=O) groups is 1. The van der Waals surface area contributed by atoms with Crippen molar-refractivity contribution in [2.75, 3.05) is 36.9 Å². The second kappa shape index (κ2) is 6.92. The Kier molecular flexibility index (Phi) is 4.97. The van der Waals surface area contributed by atoms with E-state index >= 15 is 0 Å². The molecule has 0 atom stereocenters. The molecule has 0 amide bonds. The van der Waals surface area contributed by atoms with Gasteiger partial charge in [0.25, 0.3) is 0 Å². The van der Waals surface area contributed by atoms with Gasteiger partial charge in [0, 0.05) is 30.0 Å². The first kappa shape index (κ1) is 15.1. The molecule has 0 radical (unpaired) electrons. The third kappa shape index (κ3) is 3.24.